The summed E-state index contributed by atoms with van der Waals surface area (Å²) in [5, 5.41) is 6.22. The maximum Gasteiger partial charge on any atom is 0.253 e. The van der Waals surface area contributed by atoms with E-state index in [0.29, 0.717) is 23.3 Å². The van der Waals surface area contributed by atoms with Crippen LogP contribution in [0, 0.1) is 5.41 Å². The second kappa shape index (κ2) is 8.32. The average molecular weight is 309 g/mol. The van der Waals surface area contributed by atoms with Gasteiger partial charge in [0.15, 0.2) is 0 Å². The van der Waals surface area contributed by atoms with Gasteiger partial charge in [0.05, 0.1) is 0 Å². The van der Waals surface area contributed by atoms with Crippen LogP contribution in [-0.2, 0) is 0 Å². The Labute approximate surface area is 133 Å². The molecular formula is C17H31N3O2. The Hall–Kier alpha value is -1.36. The van der Waals surface area contributed by atoms with E-state index in [4.69, 9.17) is 0 Å². The van der Waals surface area contributed by atoms with Gasteiger partial charge in [-0.3, -0.25) is 9.59 Å². The van der Waals surface area contributed by atoms with Crippen LogP contribution in [-0.4, -0.2) is 38.1 Å². The van der Waals surface area contributed by atoms with Gasteiger partial charge in [0, 0.05) is 19.6 Å². The number of nitrogens with zero attached hydrogens (tertiary/aromatic N) is 1. The Morgan fingerprint density at radius 3 is 2.00 bits per heavy atom. The third-order valence-corrected chi connectivity index (χ3v) is 3.72. The average Bonchev–Trinajstić information content (AvgIpc) is 2.43. The first-order chi connectivity index (χ1) is 10.3. The Bertz CT molecular complexity index is 525. The van der Waals surface area contributed by atoms with Crippen LogP contribution in [0.15, 0.2) is 9.59 Å². The van der Waals surface area contributed by atoms with Crippen molar-refractivity contribution >= 4 is 11.4 Å². The number of hydrogen-bond donors (Lipinski definition) is 2. The third kappa shape index (κ3) is 5.79. The molecule has 0 bridgehead atoms. The molecule has 0 atom stereocenters. The fourth-order valence-corrected chi connectivity index (χ4v) is 2.43. The second-order valence-corrected chi connectivity index (χ2v) is 7.23. The first kappa shape index (κ1) is 18.7. The van der Waals surface area contributed by atoms with Crippen molar-refractivity contribution in [1.82, 2.24) is 4.90 Å². The highest BCUT2D eigenvalue weighted by Gasteiger charge is 2.20. The van der Waals surface area contributed by atoms with Crippen LogP contribution in [0.4, 0.5) is 11.4 Å². The van der Waals surface area contributed by atoms with Gasteiger partial charge in [-0.1, -0.05) is 27.7 Å². The minimum atomic E-state index is -0.392. The summed E-state index contributed by atoms with van der Waals surface area (Å²) in [5.41, 5.74) is 0.444. The number of likely N-dealkylation sites (N-methyl/N-ethyl adjacent to an activating group) is 1. The van der Waals surface area contributed by atoms with E-state index < -0.39 is 5.43 Å². The zero-order valence-electron chi connectivity index (χ0n) is 14.7. The van der Waals surface area contributed by atoms with Crippen molar-refractivity contribution in [3.05, 3.63) is 20.4 Å². The van der Waals surface area contributed by atoms with Gasteiger partial charge < -0.3 is 15.5 Å². The van der Waals surface area contributed by atoms with E-state index in [-0.39, 0.29) is 5.43 Å². The molecule has 0 saturated heterocycles. The molecule has 0 aromatic heterocycles. The predicted molar refractivity (Wildman–Crippen MR) is 94.8 cm³/mol. The summed E-state index contributed by atoms with van der Waals surface area (Å²) in [6.07, 6.45) is 3.18. The van der Waals surface area contributed by atoms with E-state index in [1.165, 1.54) is 0 Å². The smallest absolute Gasteiger partial charge is 0.253 e. The fourth-order valence-electron chi connectivity index (χ4n) is 2.43. The van der Waals surface area contributed by atoms with Gasteiger partial charge in [-0.2, -0.15) is 0 Å². The highest BCUT2D eigenvalue weighted by molar-refractivity contribution is 5.73. The Kier molecular flexibility index (Phi) is 7.07. The second-order valence-electron chi connectivity index (χ2n) is 7.23. The molecule has 0 saturated carbocycles. The zero-order chi connectivity index (χ0) is 16.8. The van der Waals surface area contributed by atoms with Crippen molar-refractivity contribution in [1.29, 1.82) is 0 Å². The Morgan fingerprint density at radius 2 is 1.50 bits per heavy atom. The van der Waals surface area contributed by atoms with E-state index in [2.05, 4.69) is 50.3 Å². The van der Waals surface area contributed by atoms with Gasteiger partial charge in [-0.15, -0.1) is 0 Å². The fraction of sp³-hybridized carbons (Fsp3) is 0.765. The summed E-state index contributed by atoms with van der Waals surface area (Å²) in [4.78, 5) is 25.5. The van der Waals surface area contributed by atoms with Crippen LogP contribution in [0.3, 0.4) is 0 Å². The van der Waals surface area contributed by atoms with Gasteiger partial charge in [0.2, 0.25) is 0 Å². The van der Waals surface area contributed by atoms with Crippen molar-refractivity contribution in [2.24, 2.45) is 5.41 Å². The van der Waals surface area contributed by atoms with E-state index >= 15 is 0 Å². The van der Waals surface area contributed by atoms with Crippen LogP contribution in [0.2, 0.25) is 0 Å². The lowest BCUT2D eigenvalue weighted by Gasteiger charge is -2.20. The molecule has 0 aliphatic heterocycles. The topological polar surface area (TPSA) is 61.4 Å². The molecule has 0 unspecified atom stereocenters. The largest absolute Gasteiger partial charge is 0.380 e. The summed E-state index contributed by atoms with van der Waals surface area (Å²) in [6.45, 7) is 12.0. The quantitative estimate of drug-likeness (QED) is 0.513. The Balaban J connectivity index is 2.41. The molecule has 126 valence electrons. The minimum Gasteiger partial charge on any atom is -0.380 e. The van der Waals surface area contributed by atoms with Crippen LogP contribution in [0.25, 0.3) is 0 Å². The molecule has 0 radical (unpaired) electrons. The number of rotatable bonds is 10. The molecule has 0 heterocycles. The van der Waals surface area contributed by atoms with Crippen molar-refractivity contribution in [3.63, 3.8) is 0 Å². The Morgan fingerprint density at radius 1 is 0.955 bits per heavy atom. The molecule has 2 N–H and O–H groups in total. The molecule has 1 aromatic carbocycles. The molecule has 0 aliphatic carbocycles. The van der Waals surface area contributed by atoms with Crippen molar-refractivity contribution in [3.8, 4) is 0 Å². The van der Waals surface area contributed by atoms with Crippen LogP contribution >= 0.6 is 0 Å². The monoisotopic (exact) mass is 309 g/mol. The van der Waals surface area contributed by atoms with Gasteiger partial charge in [0.1, 0.15) is 11.4 Å². The summed E-state index contributed by atoms with van der Waals surface area (Å²) in [6, 6.07) is 0. The summed E-state index contributed by atoms with van der Waals surface area (Å²) in [7, 11) is 2.05. The van der Waals surface area contributed by atoms with Gasteiger partial charge in [-0.25, -0.2) is 0 Å². The van der Waals surface area contributed by atoms with Crippen LogP contribution in [0.1, 0.15) is 47.0 Å². The van der Waals surface area contributed by atoms with Crippen molar-refractivity contribution in [2.45, 2.75) is 47.0 Å². The first-order valence-corrected chi connectivity index (χ1v) is 8.26. The van der Waals surface area contributed by atoms with Gasteiger partial charge >= 0.3 is 0 Å². The summed E-state index contributed by atoms with van der Waals surface area (Å²) in [5.74, 6) is 0. The molecule has 5 nitrogen and oxygen atoms in total. The lowest BCUT2D eigenvalue weighted by molar-refractivity contribution is 0.348. The standard InChI is InChI=1S/C17H31N3O2/c1-6-11-20(5)12-10-19-14-13(15(21)16(14)22)18-9-7-8-17(2,3)4/h18-19H,6-12H2,1-5H3. The van der Waals surface area contributed by atoms with Gasteiger partial charge in [-0.05, 0) is 38.3 Å². The molecule has 0 aliphatic rings. The lowest BCUT2D eigenvalue weighted by atomic mass is 9.90. The third-order valence-electron chi connectivity index (χ3n) is 3.72. The predicted octanol–water partition coefficient (Wildman–Crippen LogP) is 2.27. The zero-order valence-corrected chi connectivity index (χ0v) is 14.7. The molecule has 5 heteroatoms. The number of nitrogens with one attached hydrogen (secondary N) is 2. The maximum absolute atomic E-state index is 11.6. The van der Waals surface area contributed by atoms with Crippen molar-refractivity contribution < 1.29 is 0 Å². The molecular weight excluding hydrogens is 278 g/mol. The van der Waals surface area contributed by atoms with Crippen LogP contribution < -0.4 is 21.5 Å². The lowest BCUT2D eigenvalue weighted by Crippen LogP contribution is -2.39. The molecule has 0 fully saturated rings. The molecule has 0 amide bonds. The van der Waals surface area contributed by atoms with E-state index in [1.54, 1.807) is 0 Å². The first-order valence-electron chi connectivity index (χ1n) is 8.26. The van der Waals surface area contributed by atoms with E-state index in [1.807, 2.05) is 0 Å². The maximum atomic E-state index is 11.6. The van der Waals surface area contributed by atoms with E-state index in [9.17, 15) is 9.59 Å². The van der Waals surface area contributed by atoms with Crippen molar-refractivity contribution in [2.75, 3.05) is 43.9 Å². The molecule has 1 rings (SSSR count). The van der Waals surface area contributed by atoms with E-state index in [0.717, 1.165) is 38.9 Å². The molecule has 22 heavy (non-hydrogen) atoms. The minimum absolute atomic E-state index is 0.292. The highest BCUT2D eigenvalue weighted by atomic mass is 16.2. The number of anilines is 2. The SMILES string of the molecule is CCCN(C)CCNc1c(NCCCC(C)(C)C)c(=O)c1=O. The molecule has 0 spiro atoms. The highest BCUT2D eigenvalue weighted by Crippen LogP contribution is 2.21. The number of hydrogen-bond acceptors (Lipinski definition) is 5. The summed E-state index contributed by atoms with van der Waals surface area (Å²) < 4.78 is 0. The van der Waals surface area contributed by atoms with Gasteiger partial charge in [0.25, 0.3) is 10.9 Å². The van der Waals surface area contributed by atoms with Crippen LogP contribution in [0.5, 0.6) is 0 Å². The normalized spacial score (nSPS) is 12.1. The summed E-state index contributed by atoms with van der Waals surface area (Å²) >= 11 is 0. The molecule has 1 aromatic rings.